The highest BCUT2D eigenvalue weighted by molar-refractivity contribution is 5.49. The first-order chi connectivity index (χ1) is 14.7. The number of hydrogen-bond acceptors (Lipinski definition) is 0. The van der Waals surface area contributed by atoms with Crippen molar-refractivity contribution in [2.75, 3.05) is 0 Å². The van der Waals surface area contributed by atoms with Crippen molar-refractivity contribution in [3.8, 4) is 0 Å². The molecule has 0 spiro atoms. The molecule has 0 aromatic heterocycles. The summed E-state index contributed by atoms with van der Waals surface area (Å²) < 4.78 is 251. The normalized spacial score (nSPS) is 21.2. The van der Waals surface area contributed by atoms with Crippen molar-refractivity contribution in [2.24, 2.45) is 10.8 Å². The second-order valence-electron chi connectivity index (χ2n) is 7.23. The van der Waals surface area contributed by atoms with Crippen LogP contribution < -0.4 is 0 Å². The molecule has 34 heavy (non-hydrogen) atoms. The summed E-state index contributed by atoms with van der Waals surface area (Å²) in [5.41, 5.74) is -29.4. The minimum Gasteiger partial charge on any atom is -0.170 e. The molecule has 0 bridgehead atoms. The van der Waals surface area contributed by atoms with Crippen LogP contribution in [0.3, 0.4) is 0 Å². The Hall–Kier alpha value is -2.04. The monoisotopic (exact) mass is 540 g/mol. The Morgan fingerprint density at radius 1 is 0.471 bits per heavy atom. The predicted octanol–water partition coefficient (Wildman–Crippen LogP) is 7.83. The van der Waals surface area contributed by atoms with Gasteiger partial charge < -0.3 is 0 Å². The summed E-state index contributed by atoms with van der Waals surface area (Å²) in [6.07, 6.45) is -52.5. The van der Waals surface area contributed by atoms with Gasteiger partial charge in [-0.25, -0.2) is 0 Å². The number of alkyl halides is 18. The highest BCUT2D eigenvalue weighted by Gasteiger charge is 3.05. The maximum absolute atomic E-state index is 14.0. The molecule has 0 nitrogen and oxygen atoms in total. The van der Waals surface area contributed by atoms with Gasteiger partial charge >= 0.3 is 37.1 Å². The van der Waals surface area contributed by atoms with Crippen LogP contribution in [0, 0.1) is 10.8 Å². The van der Waals surface area contributed by atoms with Crippen LogP contribution in [0.4, 0.5) is 79.0 Å². The molecule has 2 rings (SSSR count). The maximum Gasteiger partial charge on any atom is 0.408 e. The third-order valence-corrected chi connectivity index (χ3v) is 5.75. The summed E-state index contributed by atoms with van der Waals surface area (Å²) in [7, 11) is 0. The molecule has 0 heterocycles. The highest BCUT2D eigenvalue weighted by Crippen LogP contribution is 2.83. The summed E-state index contributed by atoms with van der Waals surface area (Å²) in [5.74, 6) is 0. The lowest BCUT2D eigenvalue weighted by molar-refractivity contribution is -0.527. The van der Waals surface area contributed by atoms with Crippen molar-refractivity contribution >= 4 is 0 Å². The number of benzene rings is 1. The quantitative estimate of drug-likeness (QED) is 0.295. The summed E-state index contributed by atoms with van der Waals surface area (Å²) in [6.45, 7) is 0. The molecule has 196 valence electrons. The maximum atomic E-state index is 14.0. The Morgan fingerprint density at radius 3 is 1.12 bits per heavy atom. The average molecular weight is 540 g/mol. The average Bonchev–Trinajstić information content (AvgIpc) is 2.53. The van der Waals surface area contributed by atoms with Crippen LogP contribution in [-0.2, 0) is 11.8 Å². The minimum absolute atomic E-state index is 0.0107. The Morgan fingerprint density at radius 2 is 0.824 bits per heavy atom. The standard InChI is InChI=1S/C16H6F18/c17-11(18,19)8(12(20,21)22)5-6-3-1-2-4-7(6)9(13(23,24)25,14(26,27)28)10(8,15(29,30)31)16(32,33)34/h1-4H,5H2. The van der Waals surface area contributed by atoms with Gasteiger partial charge in [-0.1, -0.05) is 24.3 Å². The molecule has 0 saturated heterocycles. The van der Waals surface area contributed by atoms with Crippen LogP contribution in [0.5, 0.6) is 0 Å². The van der Waals surface area contributed by atoms with E-state index in [4.69, 9.17) is 0 Å². The molecule has 0 fully saturated rings. The van der Waals surface area contributed by atoms with Crippen LogP contribution in [0.15, 0.2) is 24.3 Å². The number of fused-ring (bicyclic) bond motifs is 1. The number of halogens is 18. The molecular formula is C16H6F18. The molecule has 1 aromatic rings. The van der Waals surface area contributed by atoms with E-state index in [1.807, 2.05) is 0 Å². The molecular weight excluding hydrogens is 534 g/mol. The minimum atomic E-state index is -8.54. The predicted molar refractivity (Wildman–Crippen MR) is 73.0 cm³/mol. The van der Waals surface area contributed by atoms with E-state index in [0.29, 0.717) is 0 Å². The lowest BCUT2D eigenvalue weighted by Crippen LogP contribution is -2.85. The van der Waals surface area contributed by atoms with Crippen LogP contribution >= 0.6 is 0 Å². The summed E-state index contributed by atoms with van der Waals surface area (Å²) in [4.78, 5) is 0. The van der Waals surface area contributed by atoms with Gasteiger partial charge in [0.2, 0.25) is 10.8 Å². The van der Waals surface area contributed by atoms with Crippen LogP contribution in [0.1, 0.15) is 11.1 Å². The van der Waals surface area contributed by atoms with Gasteiger partial charge in [-0.2, -0.15) is 79.0 Å². The largest absolute Gasteiger partial charge is 0.408 e. The van der Waals surface area contributed by atoms with Gasteiger partial charge in [-0.05, 0) is 17.5 Å². The molecule has 0 aliphatic heterocycles. The third kappa shape index (κ3) is 2.97. The van der Waals surface area contributed by atoms with E-state index in [0.717, 1.165) is 0 Å². The van der Waals surface area contributed by atoms with E-state index >= 15 is 0 Å². The van der Waals surface area contributed by atoms with Crippen molar-refractivity contribution in [1.29, 1.82) is 0 Å². The van der Waals surface area contributed by atoms with Crippen molar-refractivity contribution in [2.45, 2.75) is 48.9 Å². The van der Waals surface area contributed by atoms with Crippen LogP contribution in [0.25, 0.3) is 0 Å². The van der Waals surface area contributed by atoms with E-state index < -0.39 is 76.9 Å². The zero-order chi connectivity index (χ0) is 27.2. The second-order valence-corrected chi connectivity index (χ2v) is 7.23. The van der Waals surface area contributed by atoms with Gasteiger partial charge in [-0.15, -0.1) is 0 Å². The Bertz CT molecular complexity index is 874. The molecule has 0 unspecified atom stereocenters. The number of rotatable bonds is 0. The number of hydrogen-bond donors (Lipinski definition) is 0. The summed E-state index contributed by atoms with van der Waals surface area (Å²) in [6, 6.07) is -0.678. The van der Waals surface area contributed by atoms with E-state index in [9.17, 15) is 79.0 Å². The SMILES string of the molecule is FC(F)(F)C1(C(F)(F)F)Cc2ccccc2C(C(F)(F)F)(C(F)(F)F)C1(C(F)(F)F)C(F)(F)F. The van der Waals surface area contributed by atoms with Crippen molar-refractivity contribution in [3.05, 3.63) is 35.4 Å². The Kier molecular flexibility index (Phi) is 5.81. The van der Waals surface area contributed by atoms with Crippen molar-refractivity contribution in [1.82, 2.24) is 0 Å². The van der Waals surface area contributed by atoms with Gasteiger partial charge in [0.25, 0.3) is 0 Å². The van der Waals surface area contributed by atoms with Crippen molar-refractivity contribution < 1.29 is 79.0 Å². The van der Waals surface area contributed by atoms with Crippen LogP contribution in [0.2, 0.25) is 0 Å². The topological polar surface area (TPSA) is 0 Å². The highest BCUT2D eigenvalue weighted by atomic mass is 19.4. The fourth-order valence-corrected chi connectivity index (χ4v) is 4.73. The van der Waals surface area contributed by atoms with Gasteiger partial charge in [0, 0.05) is 0 Å². The Balaban J connectivity index is 3.64. The van der Waals surface area contributed by atoms with E-state index in [-0.39, 0.29) is 18.2 Å². The lowest BCUT2D eigenvalue weighted by Gasteiger charge is -2.63. The first-order valence-electron chi connectivity index (χ1n) is 8.19. The molecule has 0 saturated carbocycles. The first kappa shape index (κ1) is 28.2. The van der Waals surface area contributed by atoms with Gasteiger partial charge in [0.15, 0.2) is 5.41 Å². The third-order valence-electron chi connectivity index (χ3n) is 5.75. The fraction of sp³-hybridized carbons (Fsp3) is 0.625. The summed E-state index contributed by atoms with van der Waals surface area (Å²) >= 11 is 0. The zero-order valence-electron chi connectivity index (χ0n) is 15.3. The van der Waals surface area contributed by atoms with E-state index in [1.54, 1.807) is 0 Å². The molecule has 0 N–H and O–H groups in total. The lowest BCUT2D eigenvalue weighted by atomic mass is 9.41. The zero-order valence-corrected chi connectivity index (χ0v) is 15.3. The van der Waals surface area contributed by atoms with Gasteiger partial charge in [0.05, 0.1) is 0 Å². The molecule has 0 radical (unpaired) electrons. The van der Waals surface area contributed by atoms with Gasteiger partial charge in [0.1, 0.15) is 0 Å². The molecule has 1 aromatic carbocycles. The molecule has 0 amide bonds. The Labute approximate surface area is 175 Å². The molecule has 18 heteroatoms. The van der Waals surface area contributed by atoms with E-state index in [2.05, 4.69) is 0 Å². The summed E-state index contributed by atoms with van der Waals surface area (Å²) in [5, 5.41) is 0. The van der Waals surface area contributed by atoms with Crippen LogP contribution in [-0.4, -0.2) is 37.1 Å². The van der Waals surface area contributed by atoms with E-state index in [1.165, 1.54) is 0 Å². The smallest absolute Gasteiger partial charge is 0.170 e. The van der Waals surface area contributed by atoms with Gasteiger partial charge in [-0.3, -0.25) is 0 Å². The molecule has 1 aliphatic carbocycles. The van der Waals surface area contributed by atoms with Crippen molar-refractivity contribution in [3.63, 3.8) is 0 Å². The molecule has 1 aliphatic rings. The second kappa shape index (κ2) is 7.01. The fourth-order valence-electron chi connectivity index (χ4n) is 4.73. The first-order valence-corrected chi connectivity index (χ1v) is 8.19. The molecule has 0 atom stereocenters.